The Morgan fingerprint density at radius 2 is 2.20 bits per heavy atom. The molecule has 25 heavy (non-hydrogen) atoms. The second-order valence-corrected chi connectivity index (χ2v) is 7.81. The molecule has 5 nitrogen and oxygen atoms in total. The fourth-order valence-electron chi connectivity index (χ4n) is 3.93. The minimum atomic E-state index is 0.255. The molecule has 1 aliphatic heterocycles. The van der Waals surface area contributed by atoms with Gasteiger partial charge in [0.1, 0.15) is 0 Å². The van der Waals surface area contributed by atoms with Gasteiger partial charge in [0.25, 0.3) is 0 Å². The van der Waals surface area contributed by atoms with Crippen LogP contribution in [0.1, 0.15) is 56.2 Å². The largest absolute Gasteiger partial charge is 0.380 e. The monoisotopic (exact) mass is 343 g/mol. The van der Waals surface area contributed by atoms with Gasteiger partial charge in [-0.3, -0.25) is 9.48 Å². The molecule has 1 aromatic heterocycles. The average Bonchev–Trinajstić information content (AvgIpc) is 3.11. The van der Waals surface area contributed by atoms with Gasteiger partial charge in [-0.15, -0.1) is 0 Å². The van der Waals surface area contributed by atoms with E-state index in [4.69, 9.17) is 9.84 Å². The van der Waals surface area contributed by atoms with Crippen LogP contribution < -0.4 is 0 Å². The van der Waals surface area contributed by atoms with E-state index in [1.807, 2.05) is 9.58 Å². The standard InChI is InChI=1S/C20H29N3O2/c1-2-23-11-18-17(14-25-13-16-7-8-16)10-22(12-19(18)21-23)20(24)9-15-5-3-4-6-15/h3,5,11,15-17H,2,4,6-10,12-14H2,1H3/t15-,17+/m0/s1. The van der Waals surface area contributed by atoms with Gasteiger partial charge in [-0.05, 0) is 44.4 Å². The summed E-state index contributed by atoms with van der Waals surface area (Å²) in [5.74, 6) is 1.71. The fourth-order valence-corrected chi connectivity index (χ4v) is 3.93. The molecule has 3 aliphatic rings. The Morgan fingerprint density at radius 3 is 2.92 bits per heavy atom. The smallest absolute Gasteiger partial charge is 0.223 e. The quantitative estimate of drug-likeness (QED) is 0.715. The number of amides is 1. The number of nitrogens with zero attached hydrogens (tertiary/aromatic N) is 3. The molecule has 5 heteroatoms. The first kappa shape index (κ1) is 16.8. The Bertz CT molecular complexity index is 647. The third-order valence-corrected chi connectivity index (χ3v) is 5.69. The summed E-state index contributed by atoms with van der Waals surface area (Å²) in [6.07, 6.45) is 12.0. The van der Waals surface area contributed by atoms with E-state index in [1.54, 1.807) is 0 Å². The van der Waals surface area contributed by atoms with Crippen molar-refractivity contribution in [2.24, 2.45) is 11.8 Å². The lowest BCUT2D eigenvalue weighted by atomic mass is 9.94. The third-order valence-electron chi connectivity index (χ3n) is 5.69. The number of rotatable bonds is 7. The topological polar surface area (TPSA) is 47.4 Å². The van der Waals surface area contributed by atoms with Crippen LogP contribution in [0.15, 0.2) is 18.3 Å². The van der Waals surface area contributed by atoms with Crippen molar-refractivity contribution in [1.82, 2.24) is 14.7 Å². The Hall–Kier alpha value is -1.62. The molecular formula is C20H29N3O2. The number of fused-ring (bicyclic) bond motifs is 1. The van der Waals surface area contributed by atoms with Gasteiger partial charge in [-0.25, -0.2) is 0 Å². The van der Waals surface area contributed by atoms with Gasteiger partial charge in [0, 0.05) is 43.8 Å². The SMILES string of the molecule is CCn1cc2c(n1)CN(C(=O)C[C@H]1C=CCC1)C[C@@H]2COCC1CC1. The highest BCUT2D eigenvalue weighted by Crippen LogP contribution is 2.32. The molecule has 2 heterocycles. The van der Waals surface area contributed by atoms with E-state index in [-0.39, 0.29) is 11.8 Å². The van der Waals surface area contributed by atoms with Crippen LogP contribution in [0.4, 0.5) is 0 Å². The molecule has 136 valence electrons. The molecule has 1 saturated carbocycles. The zero-order valence-electron chi connectivity index (χ0n) is 15.2. The summed E-state index contributed by atoms with van der Waals surface area (Å²) in [6.45, 7) is 5.95. The minimum Gasteiger partial charge on any atom is -0.380 e. The van der Waals surface area contributed by atoms with E-state index in [0.29, 0.717) is 25.5 Å². The molecule has 0 N–H and O–H groups in total. The lowest BCUT2D eigenvalue weighted by Crippen LogP contribution is -2.40. The van der Waals surface area contributed by atoms with E-state index in [1.165, 1.54) is 18.4 Å². The van der Waals surface area contributed by atoms with E-state index < -0.39 is 0 Å². The number of hydrogen-bond acceptors (Lipinski definition) is 3. The highest BCUT2D eigenvalue weighted by molar-refractivity contribution is 5.77. The highest BCUT2D eigenvalue weighted by Gasteiger charge is 2.32. The fraction of sp³-hybridized carbons (Fsp3) is 0.700. The number of allylic oxidation sites excluding steroid dienone is 2. The lowest BCUT2D eigenvalue weighted by molar-refractivity contribution is -0.133. The summed E-state index contributed by atoms with van der Waals surface area (Å²) in [4.78, 5) is 14.8. The van der Waals surface area contributed by atoms with Crippen molar-refractivity contribution in [3.63, 3.8) is 0 Å². The summed E-state index contributed by atoms with van der Waals surface area (Å²) < 4.78 is 7.96. The number of ether oxygens (including phenoxy) is 1. The zero-order valence-corrected chi connectivity index (χ0v) is 15.2. The molecule has 0 saturated heterocycles. The predicted molar refractivity (Wildman–Crippen MR) is 96.1 cm³/mol. The normalized spacial score (nSPS) is 25.4. The number of carbonyl (C=O) groups is 1. The Morgan fingerprint density at radius 1 is 1.32 bits per heavy atom. The van der Waals surface area contributed by atoms with Gasteiger partial charge < -0.3 is 9.64 Å². The number of aryl methyl sites for hydroxylation is 1. The second kappa shape index (κ2) is 7.32. The number of aromatic nitrogens is 2. The van der Waals surface area contributed by atoms with Crippen LogP contribution in [0.5, 0.6) is 0 Å². The van der Waals surface area contributed by atoms with Crippen molar-refractivity contribution in [3.05, 3.63) is 29.6 Å². The Balaban J connectivity index is 1.43. The van der Waals surface area contributed by atoms with Gasteiger partial charge in [0.15, 0.2) is 0 Å². The molecule has 4 rings (SSSR count). The van der Waals surface area contributed by atoms with E-state index in [0.717, 1.165) is 44.1 Å². The second-order valence-electron chi connectivity index (χ2n) is 7.81. The molecule has 1 amide bonds. The summed E-state index contributed by atoms with van der Waals surface area (Å²) in [7, 11) is 0. The zero-order chi connectivity index (χ0) is 17.2. The summed E-state index contributed by atoms with van der Waals surface area (Å²) >= 11 is 0. The van der Waals surface area contributed by atoms with E-state index in [2.05, 4.69) is 25.3 Å². The third kappa shape index (κ3) is 3.97. The van der Waals surface area contributed by atoms with Crippen LogP contribution in [0, 0.1) is 11.8 Å². The summed E-state index contributed by atoms with van der Waals surface area (Å²) in [6, 6.07) is 0. The van der Waals surface area contributed by atoms with Crippen molar-refractivity contribution in [3.8, 4) is 0 Å². The van der Waals surface area contributed by atoms with E-state index >= 15 is 0 Å². The van der Waals surface area contributed by atoms with Crippen molar-refractivity contribution in [1.29, 1.82) is 0 Å². The molecular weight excluding hydrogens is 314 g/mol. The molecule has 2 atom stereocenters. The van der Waals surface area contributed by atoms with Crippen LogP contribution in [-0.4, -0.2) is 40.3 Å². The van der Waals surface area contributed by atoms with Crippen molar-refractivity contribution in [2.45, 2.75) is 58.0 Å². The maximum atomic E-state index is 12.8. The van der Waals surface area contributed by atoms with Crippen LogP contribution in [0.2, 0.25) is 0 Å². The van der Waals surface area contributed by atoms with Crippen molar-refractivity contribution < 1.29 is 9.53 Å². The number of carbonyl (C=O) groups excluding carboxylic acids is 1. The number of hydrogen-bond donors (Lipinski definition) is 0. The van der Waals surface area contributed by atoms with Crippen LogP contribution >= 0.6 is 0 Å². The molecule has 1 aromatic rings. The average molecular weight is 343 g/mol. The first-order chi connectivity index (χ1) is 12.2. The first-order valence-corrected chi connectivity index (χ1v) is 9.81. The first-order valence-electron chi connectivity index (χ1n) is 9.81. The molecule has 2 aliphatic carbocycles. The molecule has 0 bridgehead atoms. The summed E-state index contributed by atoms with van der Waals surface area (Å²) in [5, 5.41) is 4.69. The van der Waals surface area contributed by atoms with Gasteiger partial charge in [0.2, 0.25) is 5.91 Å². The highest BCUT2D eigenvalue weighted by atomic mass is 16.5. The minimum absolute atomic E-state index is 0.255. The van der Waals surface area contributed by atoms with Gasteiger partial charge in [-0.2, -0.15) is 5.10 Å². The van der Waals surface area contributed by atoms with Gasteiger partial charge >= 0.3 is 0 Å². The Kier molecular flexibility index (Phi) is 4.93. The predicted octanol–water partition coefficient (Wildman–Crippen LogP) is 3.11. The van der Waals surface area contributed by atoms with Crippen molar-refractivity contribution >= 4 is 5.91 Å². The maximum Gasteiger partial charge on any atom is 0.223 e. The van der Waals surface area contributed by atoms with Crippen molar-refractivity contribution in [2.75, 3.05) is 19.8 Å². The van der Waals surface area contributed by atoms with E-state index in [9.17, 15) is 4.79 Å². The maximum absolute atomic E-state index is 12.8. The van der Waals surface area contributed by atoms with Crippen LogP contribution in [0.25, 0.3) is 0 Å². The van der Waals surface area contributed by atoms with Gasteiger partial charge in [0.05, 0.1) is 18.8 Å². The molecule has 0 spiro atoms. The van der Waals surface area contributed by atoms with Gasteiger partial charge in [-0.1, -0.05) is 12.2 Å². The molecule has 0 unspecified atom stereocenters. The molecule has 0 radical (unpaired) electrons. The van der Waals surface area contributed by atoms with Crippen LogP contribution in [-0.2, 0) is 22.6 Å². The molecule has 0 aromatic carbocycles. The Labute approximate surface area is 150 Å². The lowest BCUT2D eigenvalue weighted by Gasteiger charge is -2.32. The summed E-state index contributed by atoms with van der Waals surface area (Å²) in [5.41, 5.74) is 2.34. The van der Waals surface area contributed by atoms with Crippen LogP contribution in [0.3, 0.4) is 0 Å². The molecule has 1 fully saturated rings.